The van der Waals surface area contributed by atoms with Crippen LogP contribution in [-0.4, -0.2) is 40.6 Å². The minimum Gasteiger partial charge on any atom is -0.497 e. The zero-order valence-electron chi connectivity index (χ0n) is 18.9. The maximum absolute atomic E-state index is 13.6. The zero-order chi connectivity index (χ0) is 22.7. The number of rotatable bonds is 8. The highest BCUT2D eigenvalue weighted by Crippen LogP contribution is 2.33. The maximum atomic E-state index is 13.6. The predicted molar refractivity (Wildman–Crippen MR) is 129 cm³/mol. The summed E-state index contributed by atoms with van der Waals surface area (Å²) in [6.07, 6.45) is 4.18. The third kappa shape index (κ3) is 4.56. The molecule has 1 amide bonds. The number of benzene rings is 1. The number of carbonyl (C=O) groups is 1. The van der Waals surface area contributed by atoms with E-state index in [1.807, 2.05) is 0 Å². The molecule has 1 N–H and O–H groups in total. The molecular weight excluding hydrogens is 424 g/mol. The molecule has 0 radical (unpaired) electrons. The molecule has 1 aromatic carbocycles. The van der Waals surface area contributed by atoms with Gasteiger partial charge in [0, 0.05) is 10.6 Å². The summed E-state index contributed by atoms with van der Waals surface area (Å²) in [5, 5.41) is 3.60. The molecule has 0 fully saturated rings. The molecule has 0 saturated heterocycles. The fourth-order valence-electron chi connectivity index (χ4n) is 4.23. The van der Waals surface area contributed by atoms with E-state index in [0.717, 1.165) is 54.9 Å². The predicted octanol–water partition coefficient (Wildman–Crippen LogP) is 3.83. The lowest BCUT2D eigenvalue weighted by Gasteiger charge is -2.20. The average molecular weight is 455 g/mol. The standard InChI is InChI=1S/C24H30N4O3S/c1-4-27(5-2)14-20-26-23-22(18-8-6-7-9-19(18)32-23)24(30)28(20)15-21(29)25-16-10-12-17(31-3)13-11-16/h10-13H,4-9,14-15H2,1-3H3,(H,25,29). The Morgan fingerprint density at radius 2 is 1.91 bits per heavy atom. The molecule has 0 unspecified atom stereocenters. The third-order valence-corrected chi connectivity index (χ3v) is 7.27. The number of hydrogen-bond acceptors (Lipinski definition) is 6. The number of aromatic nitrogens is 2. The number of fused-ring (bicyclic) bond motifs is 3. The molecule has 4 rings (SSSR count). The van der Waals surface area contributed by atoms with Crippen LogP contribution in [0.4, 0.5) is 5.69 Å². The van der Waals surface area contributed by atoms with Gasteiger partial charge in [0.2, 0.25) is 5.91 Å². The van der Waals surface area contributed by atoms with Crippen molar-refractivity contribution >= 4 is 33.1 Å². The van der Waals surface area contributed by atoms with Gasteiger partial charge in [-0.3, -0.25) is 19.1 Å². The summed E-state index contributed by atoms with van der Waals surface area (Å²) in [5.74, 6) is 1.12. The van der Waals surface area contributed by atoms with Crippen molar-refractivity contribution in [3.8, 4) is 5.75 Å². The number of ether oxygens (including phenoxy) is 1. The molecule has 1 aliphatic carbocycles. The van der Waals surface area contributed by atoms with Gasteiger partial charge < -0.3 is 10.1 Å². The molecular formula is C24H30N4O3S. The summed E-state index contributed by atoms with van der Waals surface area (Å²) in [7, 11) is 1.60. The number of aryl methyl sites for hydroxylation is 2. The monoisotopic (exact) mass is 454 g/mol. The molecule has 2 heterocycles. The van der Waals surface area contributed by atoms with Crippen molar-refractivity contribution in [2.45, 2.75) is 52.6 Å². The Balaban J connectivity index is 1.70. The lowest BCUT2D eigenvalue weighted by molar-refractivity contribution is -0.116. The number of thiophene rings is 1. The van der Waals surface area contributed by atoms with E-state index in [1.54, 1.807) is 47.3 Å². The molecule has 3 aromatic rings. The van der Waals surface area contributed by atoms with Crippen molar-refractivity contribution < 1.29 is 9.53 Å². The van der Waals surface area contributed by atoms with E-state index >= 15 is 0 Å². The molecule has 32 heavy (non-hydrogen) atoms. The lowest BCUT2D eigenvalue weighted by atomic mass is 9.97. The summed E-state index contributed by atoms with van der Waals surface area (Å²) < 4.78 is 6.74. The molecule has 1 aliphatic rings. The Hall–Kier alpha value is -2.71. The quantitative estimate of drug-likeness (QED) is 0.560. The van der Waals surface area contributed by atoms with Gasteiger partial charge in [-0.15, -0.1) is 11.3 Å². The van der Waals surface area contributed by atoms with E-state index in [2.05, 4.69) is 24.1 Å². The second-order valence-electron chi connectivity index (χ2n) is 8.05. The molecule has 7 nitrogen and oxygen atoms in total. The van der Waals surface area contributed by atoms with Gasteiger partial charge >= 0.3 is 0 Å². The number of nitrogens with zero attached hydrogens (tertiary/aromatic N) is 3. The number of nitrogens with one attached hydrogen (secondary N) is 1. The number of hydrogen-bond donors (Lipinski definition) is 1. The van der Waals surface area contributed by atoms with Crippen LogP contribution in [-0.2, 0) is 30.7 Å². The van der Waals surface area contributed by atoms with Crippen molar-refractivity contribution in [3.63, 3.8) is 0 Å². The summed E-state index contributed by atoms with van der Waals surface area (Å²) in [5.41, 5.74) is 1.71. The van der Waals surface area contributed by atoms with Gasteiger partial charge in [0.15, 0.2) is 0 Å². The highest BCUT2D eigenvalue weighted by molar-refractivity contribution is 7.18. The van der Waals surface area contributed by atoms with E-state index in [0.29, 0.717) is 23.4 Å². The topological polar surface area (TPSA) is 76.5 Å². The second-order valence-corrected chi connectivity index (χ2v) is 9.13. The van der Waals surface area contributed by atoms with Gasteiger partial charge in [-0.25, -0.2) is 4.98 Å². The van der Waals surface area contributed by atoms with Crippen molar-refractivity contribution in [2.75, 3.05) is 25.5 Å². The first-order valence-corrected chi connectivity index (χ1v) is 12.1. The van der Waals surface area contributed by atoms with Crippen LogP contribution in [0.2, 0.25) is 0 Å². The largest absolute Gasteiger partial charge is 0.497 e. The van der Waals surface area contributed by atoms with Gasteiger partial charge in [-0.1, -0.05) is 13.8 Å². The molecule has 0 aliphatic heterocycles. The molecule has 2 aromatic heterocycles. The van der Waals surface area contributed by atoms with Crippen LogP contribution in [0.5, 0.6) is 5.75 Å². The van der Waals surface area contributed by atoms with Gasteiger partial charge in [0.05, 0.1) is 19.0 Å². The molecule has 0 bridgehead atoms. The third-order valence-electron chi connectivity index (χ3n) is 6.09. The van der Waals surface area contributed by atoms with E-state index < -0.39 is 0 Å². The minimum absolute atomic E-state index is 0.0605. The van der Waals surface area contributed by atoms with Crippen LogP contribution < -0.4 is 15.6 Å². The highest BCUT2D eigenvalue weighted by atomic mass is 32.1. The Labute approximate surface area is 192 Å². The van der Waals surface area contributed by atoms with Crippen LogP contribution >= 0.6 is 11.3 Å². The highest BCUT2D eigenvalue weighted by Gasteiger charge is 2.23. The molecule has 0 spiro atoms. The van der Waals surface area contributed by atoms with Crippen molar-refractivity contribution in [1.29, 1.82) is 0 Å². The zero-order valence-corrected chi connectivity index (χ0v) is 19.8. The number of methoxy groups -OCH3 is 1. The smallest absolute Gasteiger partial charge is 0.263 e. The first-order valence-electron chi connectivity index (χ1n) is 11.2. The SMILES string of the molecule is CCN(CC)Cc1nc2sc3c(c2c(=O)n1CC(=O)Nc1ccc(OC)cc1)CCCC3. The molecule has 0 atom stereocenters. The summed E-state index contributed by atoms with van der Waals surface area (Å²) in [6.45, 7) is 6.35. The Kier molecular flexibility index (Phi) is 6.91. The fraction of sp³-hybridized carbons (Fsp3) is 0.458. The Morgan fingerprint density at radius 1 is 1.19 bits per heavy atom. The van der Waals surface area contributed by atoms with E-state index in [1.165, 1.54) is 4.88 Å². The number of amides is 1. The maximum Gasteiger partial charge on any atom is 0.263 e. The van der Waals surface area contributed by atoms with Crippen LogP contribution in [0.1, 0.15) is 43.0 Å². The van der Waals surface area contributed by atoms with Crippen molar-refractivity contribution in [2.24, 2.45) is 0 Å². The molecule has 170 valence electrons. The normalized spacial score (nSPS) is 13.4. The first kappa shape index (κ1) is 22.5. The van der Waals surface area contributed by atoms with Gasteiger partial charge in [0.25, 0.3) is 5.56 Å². The van der Waals surface area contributed by atoms with E-state index in [-0.39, 0.29) is 18.0 Å². The molecule has 0 saturated carbocycles. The first-order chi connectivity index (χ1) is 15.5. The average Bonchev–Trinajstić information content (AvgIpc) is 3.18. The summed E-state index contributed by atoms with van der Waals surface area (Å²) in [6, 6.07) is 7.15. The van der Waals surface area contributed by atoms with Crippen molar-refractivity contribution in [1.82, 2.24) is 14.5 Å². The second kappa shape index (κ2) is 9.83. The fourth-order valence-corrected chi connectivity index (χ4v) is 5.50. The summed E-state index contributed by atoms with van der Waals surface area (Å²) >= 11 is 1.65. The molecule has 8 heteroatoms. The Bertz CT molecular complexity index is 1160. The summed E-state index contributed by atoms with van der Waals surface area (Å²) in [4.78, 5) is 35.7. The van der Waals surface area contributed by atoms with Crippen LogP contribution in [0.25, 0.3) is 10.2 Å². The van der Waals surface area contributed by atoms with Gasteiger partial charge in [-0.05, 0) is 68.6 Å². The van der Waals surface area contributed by atoms with Gasteiger partial charge in [-0.2, -0.15) is 0 Å². The van der Waals surface area contributed by atoms with Crippen LogP contribution in [0.3, 0.4) is 0 Å². The minimum atomic E-state index is -0.247. The van der Waals surface area contributed by atoms with Crippen molar-refractivity contribution in [3.05, 3.63) is 50.9 Å². The van der Waals surface area contributed by atoms with E-state index in [4.69, 9.17) is 9.72 Å². The van der Waals surface area contributed by atoms with Crippen LogP contribution in [0.15, 0.2) is 29.1 Å². The Morgan fingerprint density at radius 3 is 2.59 bits per heavy atom. The lowest BCUT2D eigenvalue weighted by Crippen LogP contribution is -2.34. The number of carbonyl (C=O) groups excluding carboxylic acids is 1. The van der Waals surface area contributed by atoms with E-state index in [9.17, 15) is 9.59 Å². The van der Waals surface area contributed by atoms with Gasteiger partial charge in [0.1, 0.15) is 22.9 Å². The van der Waals surface area contributed by atoms with Crippen LogP contribution in [0, 0.1) is 0 Å². The number of anilines is 1.